The Morgan fingerprint density at radius 2 is 2.22 bits per heavy atom. The van der Waals surface area contributed by atoms with Gasteiger partial charge in [0, 0.05) is 11.9 Å². The third-order valence-corrected chi connectivity index (χ3v) is 2.77. The zero-order valence-electron chi connectivity index (χ0n) is 9.55. The molecule has 92 valence electrons. The molecule has 2 N–H and O–H groups in total. The number of Topliss-reactive ketones (excluding diaryl/α,β-unsaturated/α-hetero) is 1. The number of ketones is 1. The number of ether oxygens (including phenoxy) is 1. The highest BCUT2D eigenvalue weighted by atomic mass is 79.9. The number of hydrogen-bond acceptors (Lipinski definition) is 5. The van der Waals surface area contributed by atoms with E-state index in [4.69, 9.17) is 10.5 Å². The molecule has 0 unspecified atom stereocenters. The zero-order valence-corrected chi connectivity index (χ0v) is 11.1. The topological polar surface area (TPSA) is 78.1 Å². The largest absolute Gasteiger partial charge is 0.437 e. The first-order valence-electron chi connectivity index (χ1n) is 5.11. The minimum atomic E-state index is -0.123. The maximum atomic E-state index is 11.5. The summed E-state index contributed by atoms with van der Waals surface area (Å²) in [6, 6.07) is 4.88. The summed E-state index contributed by atoms with van der Waals surface area (Å²) in [4.78, 5) is 19.3. The molecule has 0 amide bonds. The summed E-state index contributed by atoms with van der Waals surface area (Å²) in [6.07, 6.45) is 2.93. The van der Waals surface area contributed by atoms with E-state index in [-0.39, 0.29) is 5.78 Å². The summed E-state index contributed by atoms with van der Waals surface area (Å²) >= 11 is 3.27. The number of rotatable bonds is 3. The minimum Gasteiger partial charge on any atom is -0.437 e. The van der Waals surface area contributed by atoms with E-state index in [1.807, 2.05) is 0 Å². The highest BCUT2D eigenvalue weighted by molar-refractivity contribution is 9.10. The molecule has 0 aliphatic rings. The van der Waals surface area contributed by atoms with E-state index in [0.29, 0.717) is 27.4 Å². The smallest absolute Gasteiger partial charge is 0.236 e. The Hall–Kier alpha value is -1.95. The maximum absolute atomic E-state index is 11.5. The van der Waals surface area contributed by atoms with Crippen LogP contribution in [-0.2, 0) is 0 Å². The minimum absolute atomic E-state index is 0.123. The number of halogens is 1. The number of nitrogens with zero attached hydrogens (tertiary/aromatic N) is 2. The zero-order chi connectivity index (χ0) is 13.1. The molecule has 0 bridgehead atoms. The molecular weight excluding hydrogens is 298 g/mol. The van der Waals surface area contributed by atoms with Crippen LogP contribution in [0.1, 0.15) is 17.3 Å². The van der Waals surface area contributed by atoms with E-state index in [2.05, 4.69) is 25.9 Å². The van der Waals surface area contributed by atoms with Crippen molar-refractivity contribution >= 4 is 27.4 Å². The second-order valence-electron chi connectivity index (χ2n) is 3.59. The maximum Gasteiger partial charge on any atom is 0.236 e. The Kier molecular flexibility index (Phi) is 3.57. The molecule has 18 heavy (non-hydrogen) atoms. The highest BCUT2D eigenvalue weighted by Crippen LogP contribution is 2.30. The van der Waals surface area contributed by atoms with Crippen LogP contribution in [0.25, 0.3) is 0 Å². The molecule has 5 nitrogen and oxygen atoms in total. The van der Waals surface area contributed by atoms with Crippen molar-refractivity contribution in [2.45, 2.75) is 6.92 Å². The van der Waals surface area contributed by atoms with Crippen molar-refractivity contribution in [1.29, 1.82) is 0 Å². The number of aromatic nitrogens is 2. The Balaban J connectivity index is 2.41. The number of carbonyl (C=O) groups excluding carboxylic acids is 1. The van der Waals surface area contributed by atoms with Crippen molar-refractivity contribution in [1.82, 2.24) is 9.97 Å². The second kappa shape index (κ2) is 5.14. The first-order chi connectivity index (χ1) is 8.58. The summed E-state index contributed by atoms with van der Waals surface area (Å²) in [5, 5.41) is 0. The number of hydrogen-bond donors (Lipinski definition) is 1. The van der Waals surface area contributed by atoms with Crippen molar-refractivity contribution in [3.05, 3.63) is 40.8 Å². The summed E-state index contributed by atoms with van der Waals surface area (Å²) in [7, 11) is 0. The van der Waals surface area contributed by atoms with E-state index in [1.165, 1.54) is 13.3 Å². The van der Waals surface area contributed by atoms with Gasteiger partial charge in [0.1, 0.15) is 12.1 Å². The number of nitrogen functional groups attached to an aromatic ring is 1. The molecule has 1 aromatic heterocycles. The molecule has 6 heteroatoms. The molecule has 2 rings (SSSR count). The van der Waals surface area contributed by atoms with Gasteiger partial charge in [0.15, 0.2) is 5.78 Å². The first kappa shape index (κ1) is 12.5. The Labute approximate surface area is 112 Å². The molecular formula is C12H10BrN3O2. The van der Waals surface area contributed by atoms with Gasteiger partial charge in [-0.1, -0.05) is 0 Å². The number of nitrogens with two attached hydrogens (primary N) is 1. The normalized spacial score (nSPS) is 10.1. The fourth-order valence-corrected chi connectivity index (χ4v) is 1.69. The van der Waals surface area contributed by atoms with Crippen LogP contribution in [0, 0.1) is 0 Å². The lowest BCUT2D eigenvalue weighted by atomic mass is 10.1. The van der Waals surface area contributed by atoms with Crippen LogP contribution in [0.5, 0.6) is 11.6 Å². The summed E-state index contributed by atoms with van der Waals surface area (Å²) in [5.74, 6) is 0.635. The monoisotopic (exact) mass is 307 g/mol. The molecule has 0 radical (unpaired) electrons. The molecule has 0 aliphatic heterocycles. The predicted molar refractivity (Wildman–Crippen MR) is 70.7 cm³/mol. The van der Waals surface area contributed by atoms with Gasteiger partial charge in [-0.2, -0.15) is 0 Å². The van der Waals surface area contributed by atoms with Crippen LogP contribution in [0.4, 0.5) is 5.69 Å². The van der Waals surface area contributed by atoms with E-state index >= 15 is 0 Å². The fourth-order valence-electron chi connectivity index (χ4n) is 1.39. The van der Waals surface area contributed by atoms with Crippen molar-refractivity contribution < 1.29 is 9.53 Å². The van der Waals surface area contributed by atoms with Gasteiger partial charge in [-0.05, 0) is 41.1 Å². The van der Waals surface area contributed by atoms with Crippen molar-refractivity contribution in [3.63, 3.8) is 0 Å². The van der Waals surface area contributed by atoms with Crippen LogP contribution in [0.3, 0.4) is 0 Å². The average Bonchev–Trinajstić information content (AvgIpc) is 2.34. The molecule has 0 saturated heterocycles. The number of anilines is 1. The molecule has 0 atom stereocenters. The van der Waals surface area contributed by atoms with Crippen molar-refractivity contribution in [2.75, 3.05) is 5.73 Å². The Morgan fingerprint density at radius 1 is 1.44 bits per heavy atom. The van der Waals surface area contributed by atoms with Crippen LogP contribution < -0.4 is 10.5 Å². The standard InChI is InChI=1S/C12H10BrN3O2/c1-7(17)9-4-8(14)2-3-11(9)18-12-10(13)5-15-6-16-12/h2-6H,14H2,1H3. The SMILES string of the molecule is CC(=O)c1cc(N)ccc1Oc1ncncc1Br. The van der Waals surface area contributed by atoms with Crippen molar-refractivity contribution in [2.24, 2.45) is 0 Å². The average molecular weight is 308 g/mol. The molecule has 0 saturated carbocycles. The fraction of sp³-hybridized carbons (Fsp3) is 0.0833. The van der Waals surface area contributed by atoms with Gasteiger partial charge in [-0.25, -0.2) is 9.97 Å². The van der Waals surface area contributed by atoms with Gasteiger partial charge in [0.2, 0.25) is 5.88 Å². The van der Waals surface area contributed by atoms with Crippen LogP contribution in [-0.4, -0.2) is 15.8 Å². The molecule has 0 fully saturated rings. The van der Waals surface area contributed by atoms with Gasteiger partial charge in [0.05, 0.1) is 10.0 Å². The highest BCUT2D eigenvalue weighted by Gasteiger charge is 2.12. The van der Waals surface area contributed by atoms with Gasteiger partial charge in [-0.3, -0.25) is 4.79 Å². The van der Waals surface area contributed by atoms with E-state index in [1.54, 1.807) is 24.4 Å². The first-order valence-corrected chi connectivity index (χ1v) is 5.91. The van der Waals surface area contributed by atoms with Gasteiger partial charge in [0.25, 0.3) is 0 Å². The summed E-state index contributed by atoms with van der Waals surface area (Å²) < 4.78 is 6.19. The van der Waals surface area contributed by atoms with Crippen molar-refractivity contribution in [3.8, 4) is 11.6 Å². The number of benzene rings is 1. The molecule has 2 aromatic rings. The molecule has 0 aliphatic carbocycles. The van der Waals surface area contributed by atoms with Gasteiger partial charge >= 0.3 is 0 Å². The third kappa shape index (κ3) is 2.65. The lowest BCUT2D eigenvalue weighted by Gasteiger charge is -2.09. The lowest BCUT2D eigenvalue weighted by Crippen LogP contribution is -2.00. The lowest BCUT2D eigenvalue weighted by molar-refractivity contribution is 0.101. The molecule has 1 aromatic carbocycles. The Bertz CT molecular complexity index is 602. The number of carbonyl (C=O) groups is 1. The molecule has 0 spiro atoms. The van der Waals surface area contributed by atoms with E-state index in [9.17, 15) is 4.79 Å². The second-order valence-corrected chi connectivity index (χ2v) is 4.44. The van der Waals surface area contributed by atoms with Crippen LogP contribution in [0.15, 0.2) is 35.2 Å². The predicted octanol–water partition coefficient (Wildman–Crippen LogP) is 2.82. The summed E-state index contributed by atoms with van der Waals surface area (Å²) in [6.45, 7) is 1.46. The van der Waals surface area contributed by atoms with E-state index < -0.39 is 0 Å². The third-order valence-electron chi connectivity index (χ3n) is 2.22. The summed E-state index contributed by atoms with van der Waals surface area (Å²) in [5.41, 5.74) is 6.57. The van der Waals surface area contributed by atoms with Crippen LogP contribution in [0.2, 0.25) is 0 Å². The van der Waals surface area contributed by atoms with Gasteiger partial charge in [-0.15, -0.1) is 0 Å². The van der Waals surface area contributed by atoms with E-state index in [0.717, 1.165) is 0 Å². The molecule has 1 heterocycles. The Morgan fingerprint density at radius 3 is 2.89 bits per heavy atom. The van der Waals surface area contributed by atoms with Gasteiger partial charge < -0.3 is 10.5 Å². The quantitative estimate of drug-likeness (QED) is 0.697. The van der Waals surface area contributed by atoms with Crippen LogP contribution >= 0.6 is 15.9 Å².